The lowest BCUT2D eigenvalue weighted by molar-refractivity contribution is -0.148. The predicted molar refractivity (Wildman–Crippen MR) is 99.8 cm³/mol. The van der Waals surface area contributed by atoms with E-state index in [1.165, 1.54) is 0 Å². The summed E-state index contributed by atoms with van der Waals surface area (Å²) in [6.07, 6.45) is 0.672. The molecule has 0 saturated heterocycles. The van der Waals surface area contributed by atoms with Gasteiger partial charge in [0.25, 0.3) is 0 Å². The van der Waals surface area contributed by atoms with Gasteiger partial charge in [0.05, 0.1) is 26.3 Å². The Balaban J connectivity index is 4.79. The number of carbonyl (C=O) groups is 2. The number of hydrogen-bond donors (Lipinski definition) is 0. The molecule has 0 unspecified atom stereocenters. The molecule has 0 saturated carbocycles. The SMILES string of the molecule is CCOC(=O)CN(CCC[Si](OCC)(OCC)OCC)CC(=O)OCC. The van der Waals surface area contributed by atoms with Crippen molar-refractivity contribution < 1.29 is 32.3 Å². The fourth-order valence-electron chi connectivity index (χ4n) is 2.51. The molecule has 0 aliphatic rings. The molecule has 0 fully saturated rings. The van der Waals surface area contributed by atoms with Crippen LogP contribution in [0, 0.1) is 0 Å². The molecule has 0 N–H and O–H groups in total. The second kappa shape index (κ2) is 15.1. The van der Waals surface area contributed by atoms with Crippen molar-refractivity contribution in [3.05, 3.63) is 0 Å². The first kappa shape index (κ1) is 25.0. The number of nitrogens with zero attached hydrogens (tertiary/aromatic N) is 1. The van der Waals surface area contributed by atoms with E-state index in [1.54, 1.807) is 18.7 Å². The van der Waals surface area contributed by atoms with Crippen molar-refractivity contribution in [3.63, 3.8) is 0 Å². The summed E-state index contributed by atoms with van der Waals surface area (Å²) in [6, 6.07) is 0.616. The van der Waals surface area contributed by atoms with Crippen LogP contribution in [0.15, 0.2) is 0 Å². The van der Waals surface area contributed by atoms with Gasteiger partial charge in [-0.25, -0.2) is 0 Å². The summed E-state index contributed by atoms with van der Waals surface area (Å²) in [5.74, 6) is -0.723. The van der Waals surface area contributed by atoms with Crippen molar-refractivity contribution in [2.75, 3.05) is 52.7 Å². The van der Waals surface area contributed by atoms with E-state index < -0.39 is 8.80 Å². The van der Waals surface area contributed by atoms with Gasteiger partial charge in [0.15, 0.2) is 0 Å². The molecule has 0 aromatic heterocycles. The van der Waals surface area contributed by atoms with Gasteiger partial charge in [-0.05, 0) is 47.6 Å². The second-order valence-electron chi connectivity index (χ2n) is 5.41. The fraction of sp³-hybridized carbons (Fsp3) is 0.882. The fourth-order valence-corrected chi connectivity index (χ4v) is 5.11. The van der Waals surface area contributed by atoms with E-state index in [4.69, 9.17) is 22.8 Å². The Hall–Kier alpha value is -1.00. The number of ether oxygens (including phenoxy) is 2. The highest BCUT2D eigenvalue weighted by Gasteiger charge is 2.39. The molecule has 0 rings (SSSR count). The van der Waals surface area contributed by atoms with Gasteiger partial charge < -0.3 is 22.8 Å². The molecule has 0 heterocycles. The molecule has 0 aliphatic heterocycles. The van der Waals surface area contributed by atoms with Gasteiger partial charge in [0.2, 0.25) is 0 Å². The average Bonchev–Trinajstić information content (AvgIpc) is 2.55. The van der Waals surface area contributed by atoms with Crippen LogP contribution in [0.2, 0.25) is 6.04 Å². The topological polar surface area (TPSA) is 83.5 Å². The van der Waals surface area contributed by atoms with Crippen LogP contribution in [0.5, 0.6) is 0 Å². The van der Waals surface area contributed by atoms with Crippen molar-refractivity contribution in [1.82, 2.24) is 4.90 Å². The normalized spacial score (nSPS) is 11.6. The summed E-state index contributed by atoms with van der Waals surface area (Å²) < 4.78 is 27.4. The number of hydrogen-bond acceptors (Lipinski definition) is 8. The van der Waals surface area contributed by atoms with Crippen LogP contribution in [0.3, 0.4) is 0 Å². The molecule has 0 radical (unpaired) electrons. The highest BCUT2D eigenvalue weighted by molar-refractivity contribution is 6.60. The predicted octanol–water partition coefficient (Wildman–Crippen LogP) is 1.85. The minimum absolute atomic E-state index is 0.0408. The standard InChI is InChI=1S/C17H35NO7Si/c1-6-21-16(19)14-18(15-17(20)22-7-2)12-11-13-26(23-8-3,24-9-4)25-10-5/h6-15H2,1-5H3. The van der Waals surface area contributed by atoms with Crippen LogP contribution in [0.1, 0.15) is 41.0 Å². The molecule has 0 aromatic carbocycles. The summed E-state index contributed by atoms with van der Waals surface area (Å²) in [7, 11) is -2.73. The van der Waals surface area contributed by atoms with Gasteiger partial charge in [0.1, 0.15) is 0 Å². The van der Waals surface area contributed by atoms with Gasteiger partial charge in [-0.3, -0.25) is 14.5 Å². The third-order valence-electron chi connectivity index (χ3n) is 3.37. The minimum Gasteiger partial charge on any atom is -0.465 e. The summed E-state index contributed by atoms with van der Waals surface area (Å²) in [5.41, 5.74) is 0. The zero-order valence-electron chi connectivity index (χ0n) is 16.9. The van der Waals surface area contributed by atoms with Crippen LogP contribution in [0.25, 0.3) is 0 Å². The molecular weight excluding hydrogens is 358 g/mol. The van der Waals surface area contributed by atoms with E-state index in [2.05, 4.69) is 0 Å². The lowest BCUT2D eigenvalue weighted by Crippen LogP contribution is -2.46. The average molecular weight is 394 g/mol. The molecule has 8 nitrogen and oxygen atoms in total. The van der Waals surface area contributed by atoms with E-state index >= 15 is 0 Å². The molecule has 154 valence electrons. The zero-order chi connectivity index (χ0) is 19.8. The maximum absolute atomic E-state index is 11.8. The van der Waals surface area contributed by atoms with Crippen LogP contribution >= 0.6 is 0 Å². The Morgan fingerprint density at radius 3 is 1.50 bits per heavy atom. The van der Waals surface area contributed by atoms with Crippen LogP contribution in [-0.2, 0) is 32.3 Å². The molecule has 0 aromatic rings. The molecular formula is C17H35NO7Si. The van der Waals surface area contributed by atoms with E-state index in [-0.39, 0.29) is 25.0 Å². The van der Waals surface area contributed by atoms with Gasteiger partial charge in [-0.2, -0.15) is 0 Å². The van der Waals surface area contributed by atoms with Crippen molar-refractivity contribution >= 4 is 20.7 Å². The third kappa shape index (κ3) is 10.9. The van der Waals surface area contributed by atoms with Gasteiger partial charge in [0, 0.05) is 25.9 Å². The summed E-state index contributed by atoms with van der Waals surface area (Å²) >= 11 is 0. The minimum atomic E-state index is -2.73. The molecule has 0 aliphatic carbocycles. The number of rotatable bonds is 16. The van der Waals surface area contributed by atoms with Crippen molar-refractivity contribution in [2.24, 2.45) is 0 Å². The van der Waals surface area contributed by atoms with Crippen molar-refractivity contribution in [2.45, 2.75) is 47.1 Å². The Morgan fingerprint density at radius 2 is 1.15 bits per heavy atom. The largest absolute Gasteiger partial charge is 0.500 e. The third-order valence-corrected chi connectivity index (χ3v) is 6.52. The summed E-state index contributed by atoms with van der Waals surface area (Å²) in [4.78, 5) is 25.3. The first-order chi connectivity index (χ1) is 12.5. The second-order valence-corrected chi connectivity index (χ2v) is 8.14. The van der Waals surface area contributed by atoms with Crippen LogP contribution in [0.4, 0.5) is 0 Å². The number of esters is 2. The molecule has 0 atom stereocenters. The lowest BCUT2D eigenvalue weighted by Gasteiger charge is -2.29. The number of carbonyl (C=O) groups excluding carboxylic acids is 2. The Morgan fingerprint density at radius 1 is 0.731 bits per heavy atom. The zero-order valence-corrected chi connectivity index (χ0v) is 17.9. The highest BCUT2D eigenvalue weighted by Crippen LogP contribution is 2.18. The van der Waals surface area contributed by atoms with Crippen LogP contribution in [-0.4, -0.2) is 78.3 Å². The highest BCUT2D eigenvalue weighted by atomic mass is 28.4. The molecule has 26 heavy (non-hydrogen) atoms. The molecule has 0 bridgehead atoms. The summed E-state index contributed by atoms with van der Waals surface area (Å²) in [6.45, 7) is 12.0. The van der Waals surface area contributed by atoms with Gasteiger partial charge >= 0.3 is 20.7 Å². The van der Waals surface area contributed by atoms with Gasteiger partial charge in [-0.15, -0.1) is 0 Å². The van der Waals surface area contributed by atoms with E-state index in [1.807, 2.05) is 20.8 Å². The quantitative estimate of drug-likeness (QED) is 0.290. The maximum Gasteiger partial charge on any atom is 0.500 e. The van der Waals surface area contributed by atoms with E-state index in [0.29, 0.717) is 52.0 Å². The smallest absolute Gasteiger partial charge is 0.465 e. The monoisotopic (exact) mass is 393 g/mol. The van der Waals surface area contributed by atoms with Crippen molar-refractivity contribution in [1.29, 1.82) is 0 Å². The lowest BCUT2D eigenvalue weighted by atomic mass is 10.4. The van der Waals surface area contributed by atoms with Crippen molar-refractivity contribution in [3.8, 4) is 0 Å². The Bertz CT molecular complexity index is 358. The molecule has 0 amide bonds. The first-order valence-corrected chi connectivity index (χ1v) is 11.3. The Kier molecular flexibility index (Phi) is 14.5. The first-order valence-electron chi connectivity index (χ1n) is 9.42. The van der Waals surface area contributed by atoms with Crippen LogP contribution < -0.4 is 0 Å². The molecule has 0 spiro atoms. The van der Waals surface area contributed by atoms with Gasteiger partial charge in [-0.1, -0.05) is 0 Å². The summed E-state index contributed by atoms with van der Waals surface area (Å²) in [5, 5.41) is 0. The molecule has 9 heteroatoms. The Labute approximate surface area is 158 Å². The van der Waals surface area contributed by atoms with E-state index in [0.717, 1.165) is 0 Å². The maximum atomic E-state index is 11.8. The van der Waals surface area contributed by atoms with E-state index in [9.17, 15) is 9.59 Å².